The number of anilines is 1. The van der Waals surface area contributed by atoms with E-state index in [1.165, 1.54) is 19.2 Å². The van der Waals surface area contributed by atoms with Crippen molar-refractivity contribution in [3.8, 4) is 0 Å². The maximum atomic E-state index is 13.7. The second kappa shape index (κ2) is 7.87. The van der Waals surface area contributed by atoms with Gasteiger partial charge in [0.05, 0.1) is 24.1 Å². The highest BCUT2D eigenvalue weighted by Crippen LogP contribution is 2.22. The van der Waals surface area contributed by atoms with Gasteiger partial charge in [-0.05, 0) is 36.4 Å². The third kappa shape index (κ3) is 4.51. The van der Waals surface area contributed by atoms with Crippen LogP contribution in [-0.2, 0) is 9.53 Å². The van der Waals surface area contributed by atoms with E-state index in [-0.39, 0.29) is 17.0 Å². The Hall–Kier alpha value is -2.48. The van der Waals surface area contributed by atoms with Gasteiger partial charge in [-0.25, -0.2) is 18.0 Å². The first-order valence-corrected chi connectivity index (χ1v) is 7.65. The molecule has 1 N–H and O–H groups in total. The van der Waals surface area contributed by atoms with Gasteiger partial charge in [-0.15, -0.1) is 11.8 Å². The third-order valence-corrected chi connectivity index (χ3v) is 3.92. The van der Waals surface area contributed by atoms with E-state index in [0.717, 1.165) is 36.0 Å². The molecule has 0 unspecified atom stereocenters. The van der Waals surface area contributed by atoms with Gasteiger partial charge in [-0.2, -0.15) is 0 Å². The molecule has 0 aliphatic rings. The Kier molecular flexibility index (Phi) is 5.86. The van der Waals surface area contributed by atoms with Crippen LogP contribution < -0.4 is 5.32 Å². The van der Waals surface area contributed by atoms with Crippen LogP contribution >= 0.6 is 11.8 Å². The summed E-state index contributed by atoms with van der Waals surface area (Å²) in [5, 5.41) is 2.32. The van der Waals surface area contributed by atoms with Gasteiger partial charge in [0.1, 0.15) is 5.82 Å². The van der Waals surface area contributed by atoms with Crippen LogP contribution in [0.2, 0.25) is 0 Å². The number of esters is 1. The van der Waals surface area contributed by atoms with E-state index in [4.69, 9.17) is 0 Å². The lowest BCUT2D eigenvalue weighted by molar-refractivity contribution is -0.113. The quantitative estimate of drug-likeness (QED) is 0.657. The lowest BCUT2D eigenvalue weighted by Gasteiger charge is -2.08. The summed E-state index contributed by atoms with van der Waals surface area (Å²) in [6.45, 7) is 0. The predicted octanol–water partition coefficient (Wildman–Crippen LogP) is 3.62. The molecule has 2 aromatic carbocycles. The average Bonchev–Trinajstić information content (AvgIpc) is 2.57. The number of benzene rings is 2. The van der Waals surface area contributed by atoms with E-state index in [1.807, 2.05) is 0 Å². The van der Waals surface area contributed by atoms with Crippen LogP contribution in [0.4, 0.5) is 18.9 Å². The van der Waals surface area contributed by atoms with Crippen LogP contribution in [0.1, 0.15) is 10.4 Å². The fraction of sp³-hybridized carbons (Fsp3) is 0.125. The van der Waals surface area contributed by atoms with Crippen molar-refractivity contribution in [2.45, 2.75) is 4.90 Å². The molecule has 0 aliphatic carbocycles. The van der Waals surface area contributed by atoms with Crippen molar-refractivity contribution in [1.29, 1.82) is 0 Å². The zero-order valence-electron chi connectivity index (χ0n) is 12.4. The van der Waals surface area contributed by atoms with Crippen LogP contribution in [0.15, 0.2) is 41.3 Å². The molecule has 2 rings (SSSR count). The van der Waals surface area contributed by atoms with E-state index >= 15 is 0 Å². The minimum atomic E-state index is -1.02. The van der Waals surface area contributed by atoms with Crippen LogP contribution in [0, 0.1) is 17.5 Å². The molecule has 0 saturated heterocycles. The summed E-state index contributed by atoms with van der Waals surface area (Å²) in [6, 6.07) is 6.66. The first-order valence-electron chi connectivity index (χ1n) is 6.66. The third-order valence-electron chi connectivity index (χ3n) is 2.92. The van der Waals surface area contributed by atoms with E-state index in [2.05, 4.69) is 10.1 Å². The SMILES string of the molecule is COC(=O)c1ccc(F)c(NC(=O)CSc2ccc(F)c(F)c2)c1. The Balaban J connectivity index is 2.01. The Morgan fingerprint density at radius 3 is 2.42 bits per heavy atom. The lowest BCUT2D eigenvalue weighted by Crippen LogP contribution is -2.15. The van der Waals surface area contributed by atoms with E-state index < -0.39 is 29.3 Å². The second-order valence-corrected chi connectivity index (χ2v) is 5.65. The smallest absolute Gasteiger partial charge is 0.337 e. The molecule has 0 aromatic heterocycles. The van der Waals surface area contributed by atoms with Gasteiger partial charge in [0.15, 0.2) is 11.6 Å². The summed E-state index contributed by atoms with van der Waals surface area (Å²) in [7, 11) is 1.18. The number of ether oxygens (including phenoxy) is 1. The number of hydrogen-bond donors (Lipinski definition) is 1. The number of amides is 1. The van der Waals surface area contributed by atoms with Gasteiger partial charge in [0, 0.05) is 4.90 Å². The monoisotopic (exact) mass is 355 g/mol. The van der Waals surface area contributed by atoms with Crippen LogP contribution in [0.5, 0.6) is 0 Å². The minimum Gasteiger partial charge on any atom is -0.465 e. The molecule has 0 atom stereocenters. The molecule has 0 spiro atoms. The summed E-state index contributed by atoms with van der Waals surface area (Å²) in [4.78, 5) is 23.6. The predicted molar refractivity (Wildman–Crippen MR) is 83.5 cm³/mol. The van der Waals surface area contributed by atoms with E-state index in [1.54, 1.807) is 0 Å². The molecule has 126 valence electrons. The molecule has 0 fully saturated rings. The number of halogens is 3. The first-order chi connectivity index (χ1) is 11.4. The molecule has 0 bridgehead atoms. The van der Waals surface area contributed by atoms with Gasteiger partial charge in [0.25, 0.3) is 0 Å². The summed E-state index contributed by atoms with van der Waals surface area (Å²) in [5.74, 6) is -4.09. The average molecular weight is 355 g/mol. The van der Waals surface area contributed by atoms with Gasteiger partial charge in [-0.3, -0.25) is 4.79 Å². The van der Waals surface area contributed by atoms with Crippen molar-refractivity contribution in [3.63, 3.8) is 0 Å². The molecular formula is C16H12F3NO3S. The highest BCUT2D eigenvalue weighted by molar-refractivity contribution is 8.00. The first kappa shape index (κ1) is 17.9. The minimum absolute atomic E-state index is 0.0856. The van der Waals surface area contributed by atoms with Gasteiger partial charge in [0.2, 0.25) is 5.91 Å². The normalized spacial score (nSPS) is 10.3. The molecule has 1 amide bonds. The molecule has 2 aromatic rings. The molecule has 0 saturated carbocycles. The number of nitrogens with one attached hydrogen (secondary N) is 1. The largest absolute Gasteiger partial charge is 0.465 e. The number of thioether (sulfide) groups is 1. The van der Waals surface area contributed by atoms with Crippen LogP contribution in [0.25, 0.3) is 0 Å². The fourth-order valence-corrected chi connectivity index (χ4v) is 2.49. The fourth-order valence-electron chi connectivity index (χ4n) is 1.77. The maximum absolute atomic E-state index is 13.7. The van der Waals surface area contributed by atoms with Crippen molar-refractivity contribution < 1.29 is 27.5 Å². The highest BCUT2D eigenvalue weighted by Gasteiger charge is 2.13. The lowest BCUT2D eigenvalue weighted by atomic mass is 10.2. The zero-order valence-corrected chi connectivity index (χ0v) is 13.3. The molecule has 4 nitrogen and oxygen atoms in total. The standard InChI is InChI=1S/C16H12F3NO3S/c1-23-16(22)9-2-4-12(18)14(6-9)20-15(21)8-24-10-3-5-11(17)13(19)7-10/h2-7H,8H2,1H3,(H,20,21). The number of carbonyl (C=O) groups excluding carboxylic acids is 2. The Bertz CT molecular complexity index is 783. The van der Waals surface area contributed by atoms with Crippen molar-refractivity contribution in [2.24, 2.45) is 0 Å². The summed E-state index contributed by atoms with van der Waals surface area (Å²) in [6.07, 6.45) is 0. The molecule has 24 heavy (non-hydrogen) atoms. The van der Waals surface area contributed by atoms with Gasteiger partial charge >= 0.3 is 5.97 Å². The topological polar surface area (TPSA) is 55.4 Å². The molecule has 0 radical (unpaired) electrons. The van der Waals surface area contributed by atoms with E-state index in [0.29, 0.717) is 4.90 Å². The van der Waals surface area contributed by atoms with E-state index in [9.17, 15) is 22.8 Å². The van der Waals surface area contributed by atoms with Crippen LogP contribution in [-0.4, -0.2) is 24.7 Å². The number of carbonyl (C=O) groups is 2. The molecule has 8 heteroatoms. The molecule has 0 heterocycles. The number of rotatable bonds is 5. The molecule has 0 aliphatic heterocycles. The Labute approximate surface area is 140 Å². The van der Waals surface area contributed by atoms with Gasteiger partial charge in [-0.1, -0.05) is 0 Å². The van der Waals surface area contributed by atoms with Crippen molar-refractivity contribution in [3.05, 3.63) is 59.4 Å². The van der Waals surface area contributed by atoms with Crippen molar-refractivity contribution >= 4 is 29.3 Å². The Morgan fingerprint density at radius 2 is 1.75 bits per heavy atom. The highest BCUT2D eigenvalue weighted by atomic mass is 32.2. The second-order valence-electron chi connectivity index (χ2n) is 4.60. The van der Waals surface area contributed by atoms with Crippen LogP contribution in [0.3, 0.4) is 0 Å². The number of hydrogen-bond acceptors (Lipinski definition) is 4. The zero-order chi connectivity index (χ0) is 17.7. The number of methoxy groups -OCH3 is 1. The van der Waals surface area contributed by atoms with Crippen molar-refractivity contribution in [1.82, 2.24) is 0 Å². The Morgan fingerprint density at radius 1 is 1.04 bits per heavy atom. The summed E-state index contributed by atoms with van der Waals surface area (Å²) in [5.41, 5.74) is -0.0868. The summed E-state index contributed by atoms with van der Waals surface area (Å²) < 4.78 is 44.1. The molecular weight excluding hydrogens is 343 g/mol. The van der Waals surface area contributed by atoms with Crippen molar-refractivity contribution in [2.75, 3.05) is 18.2 Å². The van der Waals surface area contributed by atoms with Gasteiger partial charge < -0.3 is 10.1 Å². The summed E-state index contributed by atoms with van der Waals surface area (Å²) >= 11 is 0.959. The maximum Gasteiger partial charge on any atom is 0.337 e.